The van der Waals surface area contributed by atoms with Crippen LogP contribution in [0, 0.1) is 13.8 Å². The first kappa shape index (κ1) is 13.6. The zero-order valence-corrected chi connectivity index (χ0v) is 10.9. The summed E-state index contributed by atoms with van der Waals surface area (Å²) in [6, 6.07) is 4.43. The number of rotatable bonds is 3. The van der Waals surface area contributed by atoms with Crippen LogP contribution in [0.25, 0.3) is 0 Å². The molecule has 0 atom stereocenters. The highest BCUT2D eigenvalue weighted by Gasteiger charge is 2.12. The summed E-state index contributed by atoms with van der Waals surface area (Å²) in [6.07, 6.45) is 1.29. The van der Waals surface area contributed by atoms with Gasteiger partial charge in [-0.15, -0.1) is 0 Å². The van der Waals surface area contributed by atoms with Crippen LogP contribution >= 0.6 is 0 Å². The molecular formula is C13H12N4O3. The molecule has 2 N–H and O–H groups in total. The van der Waals surface area contributed by atoms with Crippen LogP contribution in [0.1, 0.15) is 32.2 Å². The van der Waals surface area contributed by atoms with Gasteiger partial charge in [-0.05, 0) is 32.0 Å². The lowest BCUT2D eigenvalue weighted by molar-refractivity contribution is 0.0690. The van der Waals surface area contributed by atoms with Crippen molar-refractivity contribution in [3.8, 4) is 0 Å². The Bertz CT molecular complexity index is 668. The van der Waals surface area contributed by atoms with E-state index in [4.69, 9.17) is 5.11 Å². The van der Waals surface area contributed by atoms with E-state index in [1.165, 1.54) is 18.3 Å². The predicted octanol–water partition coefficient (Wildman–Crippen LogP) is 1.44. The minimum absolute atomic E-state index is 0.0828. The molecule has 20 heavy (non-hydrogen) atoms. The summed E-state index contributed by atoms with van der Waals surface area (Å²) in [4.78, 5) is 26.5. The van der Waals surface area contributed by atoms with Crippen molar-refractivity contribution in [1.29, 1.82) is 0 Å². The molecule has 2 aromatic rings. The number of aryl methyl sites for hydroxylation is 2. The first-order valence-corrected chi connectivity index (χ1v) is 5.79. The molecule has 102 valence electrons. The highest BCUT2D eigenvalue weighted by molar-refractivity contribution is 6.05. The smallest absolute Gasteiger partial charge is 0.354 e. The maximum atomic E-state index is 12.1. The number of carboxylic acids is 1. The normalized spacial score (nSPS) is 10.1. The van der Waals surface area contributed by atoms with Crippen LogP contribution in [-0.2, 0) is 0 Å². The quantitative estimate of drug-likeness (QED) is 0.875. The van der Waals surface area contributed by atoms with Crippen LogP contribution < -0.4 is 5.32 Å². The van der Waals surface area contributed by atoms with Crippen molar-refractivity contribution in [2.75, 3.05) is 5.32 Å². The third-order valence-corrected chi connectivity index (χ3v) is 2.59. The molecule has 7 nitrogen and oxygen atoms in total. The Labute approximate surface area is 114 Å². The first-order valence-electron chi connectivity index (χ1n) is 5.79. The van der Waals surface area contributed by atoms with E-state index in [9.17, 15) is 9.59 Å². The molecule has 0 saturated carbocycles. The molecule has 7 heteroatoms. The zero-order valence-electron chi connectivity index (χ0n) is 10.9. The van der Waals surface area contributed by atoms with Gasteiger partial charge in [0.05, 0.1) is 28.8 Å². The number of aromatic carboxylic acids is 1. The number of amides is 1. The van der Waals surface area contributed by atoms with E-state index in [1.807, 2.05) is 0 Å². The number of nitrogens with one attached hydrogen (secondary N) is 1. The second-order valence-corrected chi connectivity index (χ2v) is 4.18. The highest BCUT2D eigenvalue weighted by Crippen LogP contribution is 2.11. The number of aromatic nitrogens is 3. The summed E-state index contributed by atoms with van der Waals surface area (Å²) >= 11 is 0. The number of hydrogen-bond acceptors (Lipinski definition) is 5. The Kier molecular flexibility index (Phi) is 3.69. The molecule has 2 heterocycles. The molecule has 0 aliphatic heterocycles. The Balaban J connectivity index is 2.19. The Morgan fingerprint density at radius 2 is 1.95 bits per heavy atom. The molecule has 1 amide bonds. The van der Waals surface area contributed by atoms with Gasteiger partial charge in [-0.25, -0.2) is 9.78 Å². The molecule has 0 aromatic carbocycles. The fourth-order valence-corrected chi connectivity index (χ4v) is 1.57. The standard InChI is InChI=1S/C13H12N4O3/c1-7-5-10(8(2)17-16-7)12(18)15-9-3-4-11(13(19)20)14-6-9/h3-6H,1-2H3,(H,15,18)(H,19,20). The van der Waals surface area contributed by atoms with Gasteiger partial charge in [0.25, 0.3) is 5.91 Å². The molecule has 0 saturated heterocycles. The van der Waals surface area contributed by atoms with E-state index in [0.29, 0.717) is 22.6 Å². The Hall–Kier alpha value is -2.83. The summed E-state index contributed by atoms with van der Waals surface area (Å²) in [7, 11) is 0. The van der Waals surface area contributed by atoms with Crippen LogP contribution in [0.15, 0.2) is 24.4 Å². The topological polar surface area (TPSA) is 105 Å². The van der Waals surface area contributed by atoms with Gasteiger partial charge in [-0.1, -0.05) is 0 Å². The second-order valence-electron chi connectivity index (χ2n) is 4.18. The summed E-state index contributed by atoms with van der Waals surface area (Å²) < 4.78 is 0. The largest absolute Gasteiger partial charge is 0.477 e. The number of carbonyl (C=O) groups excluding carboxylic acids is 1. The molecule has 0 fully saturated rings. The number of hydrogen-bond donors (Lipinski definition) is 2. The van der Waals surface area contributed by atoms with Crippen LogP contribution in [-0.4, -0.2) is 32.2 Å². The fourth-order valence-electron chi connectivity index (χ4n) is 1.57. The van der Waals surface area contributed by atoms with Crippen molar-refractivity contribution < 1.29 is 14.7 Å². The van der Waals surface area contributed by atoms with E-state index in [1.54, 1.807) is 19.9 Å². The molecule has 0 unspecified atom stereocenters. The van der Waals surface area contributed by atoms with Crippen molar-refractivity contribution in [2.24, 2.45) is 0 Å². The minimum Gasteiger partial charge on any atom is -0.477 e. The van der Waals surface area contributed by atoms with Crippen LogP contribution in [0.5, 0.6) is 0 Å². The van der Waals surface area contributed by atoms with E-state index in [-0.39, 0.29) is 11.6 Å². The molecule has 0 radical (unpaired) electrons. The number of carbonyl (C=O) groups is 2. The maximum absolute atomic E-state index is 12.1. The van der Waals surface area contributed by atoms with Crippen LogP contribution in [0.2, 0.25) is 0 Å². The summed E-state index contributed by atoms with van der Waals surface area (Å²) in [5, 5.41) is 19.1. The number of pyridine rings is 1. The summed E-state index contributed by atoms with van der Waals surface area (Å²) in [6.45, 7) is 3.43. The zero-order chi connectivity index (χ0) is 14.7. The minimum atomic E-state index is -1.12. The highest BCUT2D eigenvalue weighted by atomic mass is 16.4. The van der Waals surface area contributed by atoms with E-state index >= 15 is 0 Å². The van der Waals surface area contributed by atoms with Crippen molar-refractivity contribution >= 4 is 17.6 Å². The molecule has 2 rings (SSSR count). The second kappa shape index (κ2) is 5.43. The molecule has 0 spiro atoms. The Morgan fingerprint density at radius 1 is 1.20 bits per heavy atom. The maximum Gasteiger partial charge on any atom is 0.354 e. The van der Waals surface area contributed by atoms with Crippen molar-refractivity contribution in [3.05, 3.63) is 47.0 Å². The lowest BCUT2D eigenvalue weighted by Crippen LogP contribution is -2.15. The molecule has 0 aliphatic rings. The Morgan fingerprint density at radius 3 is 2.55 bits per heavy atom. The SMILES string of the molecule is Cc1cc(C(=O)Nc2ccc(C(=O)O)nc2)c(C)nn1. The van der Waals surface area contributed by atoms with Gasteiger partial charge in [0, 0.05) is 0 Å². The van der Waals surface area contributed by atoms with Gasteiger partial charge in [-0.2, -0.15) is 10.2 Å². The molecule has 0 bridgehead atoms. The monoisotopic (exact) mass is 272 g/mol. The number of carboxylic acid groups (broad SMARTS) is 1. The van der Waals surface area contributed by atoms with E-state index < -0.39 is 5.97 Å². The van der Waals surface area contributed by atoms with Gasteiger partial charge in [0.15, 0.2) is 0 Å². The van der Waals surface area contributed by atoms with Gasteiger partial charge < -0.3 is 10.4 Å². The molecule has 0 aliphatic carbocycles. The average Bonchev–Trinajstić information content (AvgIpc) is 2.42. The van der Waals surface area contributed by atoms with Crippen molar-refractivity contribution in [1.82, 2.24) is 15.2 Å². The van der Waals surface area contributed by atoms with Crippen molar-refractivity contribution in [2.45, 2.75) is 13.8 Å². The van der Waals surface area contributed by atoms with Crippen LogP contribution in [0.4, 0.5) is 5.69 Å². The number of anilines is 1. The van der Waals surface area contributed by atoms with Gasteiger partial charge in [0.1, 0.15) is 5.69 Å². The first-order chi connectivity index (χ1) is 9.47. The third kappa shape index (κ3) is 2.94. The summed E-state index contributed by atoms with van der Waals surface area (Å²) in [5.74, 6) is -1.46. The third-order valence-electron chi connectivity index (χ3n) is 2.59. The fraction of sp³-hybridized carbons (Fsp3) is 0.154. The predicted molar refractivity (Wildman–Crippen MR) is 70.7 cm³/mol. The molecule has 2 aromatic heterocycles. The van der Waals surface area contributed by atoms with Crippen LogP contribution in [0.3, 0.4) is 0 Å². The van der Waals surface area contributed by atoms with Crippen molar-refractivity contribution in [3.63, 3.8) is 0 Å². The van der Waals surface area contributed by atoms with Gasteiger partial charge in [0.2, 0.25) is 0 Å². The average molecular weight is 272 g/mol. The van der Waals surface area contributed by atoms with Gasteiger partial charge >= 0.3 is 5.97 Å². The lowest BCUT2D eigenvalue weighted by atomic mass is 10.2. The van der Waals surface area contributed by atoms with Gasteiger partial charge in [-0.3, -0.25) is 4.79 Å². The van der Waals surface area contributed by atoms with E-state index in [2.05, 4.69) is 20.5 Å². The molecular weight excluding hydrogens is 260 g/mol. The lowest BCUT2D eigenvalue weighted by Gasteiger charge is -2.07. The number of nitrogens with zero attached hydrogens (tertiary/aromatic N) is 3. The summed E-state index contributed by atoms with van der Waals surface area (Å²) in [5.41, 5.74) is 1.90. The van der Waals surface area contributed by atoms with E-state index in [0.717, 1.165) is 0 Å².